The largest absolute Gasteiger partial charge is 0.459 e. The number of halogens is 1. The lowest BCUT2D eigenvalue weighted by Gasteiger charge is -2.31. The molecule has 1 fully saturated rings. The van der Waals surface area contributed by atoms with E-state index in [-0.39, 0.29) is 34.7 Å². The number of rotatable bonds is 7. The third-order valence-corrected chi connectivity index (χ3v) is 6.66. The average molecular weight is 427 g/mol. The van der Waals surface area contributed by atoms with Gasteiger partial charge in [-0.15, -0.1) is 12.4 Å². The van der Waals surface area contributed by atoms with Gasteiger partial charge in [0.1, 0.15) is 0 Å². The fraction of sp³-hybridized carbons (Fsp3) is 0.450. The molecule has 0 aliphatic carbocycles. The SMILES string of the molecule is CCNCC1CCN(C(=O)c2occc2CS(=O)(=O)c2ccccc2)CC1.Cl. The molecular formula is C20H27ClN2O4S. The Hall–Kier alpha value is -1.83. The third-order valence-electron chi connectivity index (χ3n) is 4.97. The van der Waals surface area contributed by atoms with Crippen molar-refractivity contribution >= 4 is 28.2 Å². The van der Waals surface area contributed by atoms with Crippen molar-refractivity contribution in [1.29, 1.82) is 0 Å². The second-order valence-corrected chi connectivity index (χ2v) is 8.88. The number of piperidine rings is 1. The Kier molecular flexibility index (Phi) is 8.10. The molecule has 1 aliphatic rings. The van der Waals surface area contributed by atoms with Gasteiger partial charge in [-0.1, -0.05) is 25.1 Å². The van der Waals surface area contributed by atoms with Gasteiger partial charge in [-0.05, 0) is 50.0 Å². The second-order valence-electron chi connectivity index (χ2n) is 6.89. The first-order chi connectivity index (χ1) is 13.0. The summed E-state index contributed by atoms with van der Waals surface area (Å²) >= 11 is 0. The summed E-state index contributed by atoms with van der Waals surface area (Å²) in [5.41, 5.74) is 0.415. The molecule has 0 radical (unpaired) electrons. The minimum absolute atomic E-state index is 0. The number of nitrogens with one attached hydrogen (secondary N) is 1. The van der Waals surface area contributed by atoms with Gasteiger partial charge in [-0.3, -0.25) is 4.79 Å². The van der Waals surface area contributed by atoms with Crippen molar-refractivity contribution < 1.29 is 17.6 Å². The molecule has 0 unspecified atom stereocenters. The molecule has 0 atom stereocenters. The lowest BCUT2D eigenvalue weighted by Crippen LogP contribution is -2.41. The van der Waals surface area contributed by atoms with Gasteiger partial charge in [0, 0.05) is 18.7 Å². The summed E-state index contributed by atoms with van der Waals surface area (Å²) in [4.78, 5) is 14.9. The fourth-order valence-electron chi connectivity index (χ4n) is 3.39. The molecule has 28 heavy (non-hydrogen) atoms. The summed E-state index contributed by atoms with van der Waals surface area (Å²) in [6.45, 7) is 5.34. The van der Waals surface area contributed by atoms with Crippen LogP contribution in [-0.2, 0) is 15.6 Å². The normalized spacial score (nSPS) is 15.2. The van der Waals surface area contributed by atoms with Gasteiger partial charge in [0.15, 0.2) is 15.6 Å². The lowest BCUT2D eigenvalue weighted by molar-refractivity contribution is 0.0657. The summed E-state index contributed by atoms with van der Waals surface area (Å²) < 4.78 is 30.6. The lowest BCUT2D eigenvalue weighted by atomic mass is 9.96. The maximum atomic E-state index is 12.8. The van der Waals surface area contributed by atoms with Crippen LogP contribution in [-0.4, -0.2) is 45.4 Å². The van der Waals surface area contributed by atoms with E-state index in [4.69, 9.17) is 4.42 Å². The molecule has 0 saturated carbocycles. The highest BCUT2D eigenvalue weighted by molar-refractivity contribution is 7.90. The van der Waals surface area contributed by atoms with Crippen LogP contribution in [0.2, 0.25) is 0 Å². The number of likely N-dealkylation sites (tertiary alicyclic amines) is 1. The standard InChI is InChI=1S/C20H26N2O4S.ClH/c1-2-21-14-16-8-11-22(12-9-16)20(23)19-17(10-13-26-19)15-27(24,25)18-6-4-3-5-7-18;/h3-7,10,13,16,21H,2,8-9,11-12,14-15H2,1H3;1H. The van der Waals surface area contributed by atoms with Crippen molar-refractivity contribution in [2.24, 2.45) is 5.92 Å². The van der Waals surface area contributed by atoms with E-state index in [1.807, 2.05) is 0 Å². The van der Waals surface area contributed by atoms with Crippen LogP contribution >= 0.6 is 12.4 Å². The van der Waals surface area contributed by atoms with Crippen LogP contribution in [0.4, 0.5) is 0 Å². The van der Waals surface area contributed by atoms with E-state index >= 15 is 0 Å². The number of hydrogen-bond donors (Lipinski definition) is 1. The van der Waals surface area contributed by atoms with Gasteiger partial charge in [0.25, 0.3) is 5.91 Å². The van der Waals surface area contributed by atoms with Gasteiger partial charge in [0.05, 0.1) is 16.9 Å². The van der Waals surface area contributed by atoms with E-state index in [9.17, 15) is 13.2 Å². The molecule has 1 saturated heterocycles. The molecule has 1 N–H and O–H groups in total. The molecule has 154 valence electrons. The predicted molar refractivity (Wildman–Crippen MR) is 110 cm³/mol. The van der Waals surface area contributed by atoms with E-state index in [1.54, 1.807) is 41.3 Å². The molecule has 3 rings (SSSR count). The smallest absolute Gasteiger partial charge is 0.289 e. The van der Waals surface area contributed by atoms with E-state index in [0.29, 0.717) is 24.6 Å². The zero-order valence-electron chi connectivity index (χ0n) is 16.0. The Balaban J connectivity index is 0.00000280. The predicted octanol–water partition coefficient (Wildman–Crippen LogP) is 3.14. The van der Waals surface area contributed by atoms with Crippen LogP contribution in [0.15, 0.2) is 52.0 Å². The minimum atomic E-state index is -3.53. The second kappa shape index (κ2) is 10.1. The van der Waals surface area contributed by atoms with Crippen molar-refractivity contribution in [1.82, 2.24) is 10.2 Å². The monoisotopic (exact) mass is 426 g/mol. The quantitative estimate of drug-likeness (QED) is 0.735. The number of hydrogen-bond acceptors (Lipinski definition) is 5. The van der Waals surface area contributed by atoms with Crippen LogP contribution < -0.4 is 5.32 Å². The number of sulfone groups is 1. The highest BCUT2D eigenvalue weighted by atomic mass is 35.5. The summed E-state index contributed by atoms with van der Waals surface area (Å²) in [5, 5.41) is 3.35. The van der Waals surface area contributed by atoms with Crippen molar-refractivity contribution in [2.75, 3.05) is 26.2 Å². The summed E-state index contributed by atoms with van der Waals surface area (Å²) in [7, 11) is -3.53. The maximum Gasteiger partial charge on any atom is 0.289 e. The molecule has 8 heteroatoms. The molecule has 0 bridgehead atoms. The van der Waals surface area contributed by atoms with Crippen LogP contribution in [0.25, 0.3) is 0 Å². The van der Waals surface area contributed by atoms with Gasteiger partial charge >= 0.3 is 0 Å². The number of nitrogens with zero attached hydrogens (tertiary/aromatic N) is 1. The summed E-state index contributed by atoms with van der Waals surface area (Å²) in [6, 6.07) is 9.84. The third kappa shape index (κ3) is 5.37. The van der Waals surface area contributed by atoms with E-state index in [1.165, 1.54) is 6.26 Å². The molecule has 6 nitrogen and oxygen atoms in total. The van der Waals surface area contributed by atoms with Crippen LogP contribution in [0.1, 0.15) is 35.9 Å². The number of carbonyl (C=O) groups is 1. The van der Waals surface area contributed by atoms with Gasteiger partial charge in [-0.25, -0.2) is 8.42 Å². The van der Waals surface area contributed by atoms with Crippen LogP contribution in [0.3, 0.4) is 0 Å². The van der Waals surface area contributed by atoms with E-state index in [2.05, 4.69) is 12.2 Å². The molecule has 0 spiro atoms. The Morgan fingerprint density at radius 1 is 1.18 bits per heavy atom. The Labute approximate surface area is 172 Å². The van der Waals surface area contributed by atoms with Gasteiger partial charge in [0.2, 0.25) is 0 Å². The topological polar surface area (TPSA) is 79.6 Å². The molecule has 1 aromatic carbocycles. The fourth-order valence-corrected chi connectivity index (χ4v) is 4.76. The maximum absolute atomic E-state index is 12.8. The minimum Gasteiger partial charge on any atom is -0.459 e. The molecular weight excluding hydrogens is 400 g/mol. The first-order valence-electron chi connectivity index (χ1n) is 9.35. The van der Waals surface area contributed by atoms with Crippen molar-refractivity contribution in [3.05, 3.63) is 54.0 Å². The van der Waals surface area contributed by atoms with E-state index < -0.39 is 9.84 Å². The van der Waals surface area contributed by atoms with Gasteiger partial charge < -0.3 is 14.6 Å². The van der Waals surface area contributed by atoms with Crippen LogP contribution in [0, 0.1) is 5.92 Å². The Morgan fingerprint density at radius 2 is 1.86 bits per heavy atom. The first-order valence-corrected chi connectivity index (χ1v) is 11.0. The Bertz CT molecular complexity index is 859. The zero-order valence-corrected chi connectivity index (χ0v) is 17.6. The molecule has 1 amide bonds. The number of benzene rings is 1. The van der Waals surface area contributed by atoms with Crippen LogP contribution in [0.5, 0.6) is 0 Å². The zero-order chi connectivity index (χ0) is 19.3. The van der Waals surface area contributed by atoms with Crippen molar-refractivity contribution in [2.45, 2.75) is 30.4 Å². The highest BCUT2D eigenvalue weighted by Crippen LogP contribution is 2.23. The van der Waals surface area contributed by atoms with Crippen molar-refractivity contribution in [3.8, 4) is 0 Å². The average Bonchev–Trinajstić information content (AvgIpc) is 3.14. The molecule has 2 heterocycles. The Morgan fingerprint density at radius 3 is 2.50 bits per heavy atom. The number of furan rings is 1. The summed E-state index contributed by atoms with van der Waals surface area (Å²) in [6.07, 6.45) is 3.27. The molecule has 1 aliphatic heterocycles. The molecule has 1 aromatic heterocycles. The molecule has 2 aromatic rings. The van der Waals surface area contributed by atoms with E-state index in [0.717, 1.165) is 25.9 Å². The first kappa shape index (κ1) is 22.5. The number of carbonyl (C=O) groups excluding carboxylic acids is 1. The number of amides is 1. The summed E-state index contributed by atoms with van der Waals surface area (Å²) in [5.74, 6) is 0.245. The van der Waals surface area contributed by atoms with Crippen molar-refractivity contribution in [3.63, 3.8) is 0 Å². The van der Waals surface area contributed by atoms with Gasteiger partial charge in [-0.2, -0.15) is 0 Å². The highest BCUT2D eigenvalue weighted by Gasteiger charge is 2.28.